The molecule has 2 N–H and O–H groups in total. The van der Waals surface area contributed by atoms with E-state index in [9.17, 15) is 8.42 Å². The van der Waals surface area contributed by atoms with Crippen LogP contribution >= 0.6 is 0 Å². The first-order valence-electron chi connectivity index (χ1n) is 10.7. The molecule has 0 radical (unpaired) electrons. The van der Waals surface area contributed by atoms with E-state index in [2.05, 4.69) is 41.8 Å². The minimum absolute atomic E-state index is 0.282. The molecule has 3 heterocycles. The molecule has 0 spiro atoms. The summed E-state index contributed by atoms with van der Waals surface area (Å²) in [5, 5.41) is 3.04. The van der Waals surface area contributed by atoms with E-state index >= 15 is 0 Å². The third kappa shape index (κ3) is 4.30. The minimum Gasteiger partial charge on any atom is -0.338 e. The molecular weight excluding hydrogens is 428 g/mol. The highest BCUT2D eigenvalue weighted by molar-refractivity contribution is 7.93. The lowest BCUT2D eigenvalue weighted by Gasteiger charge is -2.32. The van der Waals surface area contributed by atoms with Crippen LogP contribution in [0, 0.1) is 6.92 Å². The Hall–Kier alpha value is -3.05. The van der Waals surface area contributed by atoms with Gasteiger partial charge in [-0.3, -0.25) is 4.72 Å². The van der Waals surface area contributed by atoms with E-state index in [0.29, 0.717) is 41.3 Å². The Bertz CT molecular complexity index is 1250. The molecular formula is C21H26N8O2S. The standard InChI is InChI=1S/C21H26N8O2S/c1-14-3-4-15(27-32(30,31)16-5-6-16)11-17(14)25-20-19-18(23-13-24-20)12-22-21(26-19)29-9-7-28(2)8-10-29/h3-4,11-13,16,27H,5-10H2,1-2H3,(H,23,24,25). The van der Waals surface area contributed by atoms with Gasteiger partial charge in [0.25, 0.3) is 0 Å². The van der Waals surface area contributed by atoms with Crippen LogP contribution in [0.1, 0.15) is 18.4 Å². The number of hydrogen-bond donors (Lipinski definition) is 2. The Morgan fingerprint density at radius 2 is 1.84 bits per heavy atom. The van der Waals surface area contributed by atoms with E-state index in [-0.39, 0.29) is 5.25 Å². The number of sulfonamides is 1. The molecule has 32 heavy (non-hydrogen) atoms. The molecule has 0 bridgehead atoms. The zero-order valence-corrected chi connectivity index (χ0v) is 18.9. The largest absolute Gasteiger partial charge is 0.338 e. The van der Waals surface area contributed by atoms with Gasteiger partial charge in [-0.15, -0.1) is 0 Å². The Labute approximate surface area is 187 Å². The second kappa shape index (κ2) is 8.14. The van der Waals surface area contributed by atoms with E-state index in [1.165, 1.54) is 6.33 Å². The molecule has 5 rings (SSSR count). The van der Waals surface area contributed by atoms with E-state index in [1.54, 1.807) is 18.3 Å². The molecule has 0 amide bonds. The molecule has 168 valence electrons. The number of anilines is 4. The smallest absolute Gasteiger partial charge is 0.235 e. The molecule has 2 fully saturated rings. The fourth-order valence-corrected chi connectivity index (χ4v) is 5.05. The van der Waals surface area contributed by atoms with Gasteiger partial charge in [0, 0.05) is 31.9 Å². The van der Waals surface area contributed by atoms with E-state index in [0.717, 1.165) is 37.4 Å². The Morgan fingerprint density at radius 3 is 2.59 bits per heavy atom. The number of hydrogen-bond acceptors (Lipinski definition) is 9. The summed E-state index contributed by atoms with van der Waals surface area (Å²) >= 11 is 0. The highest BCUT2D eigenvalue weighted by Crippen LogP contribution is 2.32. The number of nitrogens with one attached hydrogen (secondary N) is 2. The van der Waals surface area contributed by atoms with E-state index in [1.807, 2.05) is 13.0 Å². The van der Waals surface area contributed by atoms with Gasteiger partial charge in [-0.05, 0) is 44.5 Å². The molecule has 1 saturated heterocycles. The number of aromatic nitrogens is 4. The predicted molar refractivity (Wildman–Crippen MR) is 125 cm³/mol. The first-order valence-corrected chi connectivity index (χ1v) is 12.2. The highest BCUT2D eigenvalue weighted by atomic mass is 32.2. The van der Waals surface area contributed by atoms with Crippen molar-refractivity contribution in [1.29, 1.82) is 0 Å². The lowest BCUT2D eigenvalue weighted by atomic mass is 10.2. The molecule has 2 aliphatic rings. The van der Waals surface area contributed by atoms with Crippen LogP contribution in [0.5, 0.6) is 0 Å². The van der Waals surface area contributed by atoms with Gasteiger partial charge in [-0.1, -0.05) is 6.07 Å². The lowest BCUT2D eigenvalue weighted by Crippen LogP contribution is -2.45. The van der Waals surface area contributed by atoms with E-state index in [4.69, 9.17) is 4.98 Å². The fourth-order valence-electron chi connectivity index (χ4n) is 3.67. The first-order chi connectivity index (χ1) is 15.4. The average Bonchev–Trinajstić information content (AvgIpc) is 3.63. The molecule has 2 aromatic heterocycles. The second-order valence-electron chi connectivity index (χ2n) is 8.42. The van der Waals surface area contributed by atoms with Gasteiger partial charge in [0.2, 0.25) is 16.0 Å². The molecule has 3 aromatic rings. The van der Waals surface area contributed by atoms with Gasteiger partial charge in [0.05, 0.1) is 17.1 Å². The summed E-state index contributed by atoms with van der Waals surface area (Å²) in [4.78, 5) is 22.4. The van der Waals surface area contributed by atoms with E-state index < -0.39 is 10.0 Å². The highest BCUT2D eigenvalue weighted by Gasteiger charge is 2.35. The van der Waals surface area contributed by atoms with Crippen molar-refractivity contribution in [2.45, 2.75) is 25.0 Å². The topological polar surface area (TPSA) is 116 Å². The van der Waals surface area contributed by atoms with Gasteiger partial charge in [0.1, 0.15) is 17.4 Å². The van der Waals surface area contributed by atoms with Crippen molar-refractivity contribution in [2.24, 2.45) is 0 Å². The number of piperazine rings is 1. The van der Waals surface area contributed by atoms with Gasteiger partial charge in [-0.25, -0.2) is 28.4 Å². The quantitative estimate of drug-likeness (QED) is 0.578. The number of benzene rings is 1. The van der Waals surface area contributed by atoms with Crippen molar-refractivity contribution in [2.75, 3.05) is 48.2 Å². The number of nitrogens with zero attached hydrogens (tertiary/aromatic N) is 6. The van der Waals surface area contributed by atoms with Crippen molar-refractivity contribution >= 4 is 44.2 Å². The van der Waals surface area contributed by atoms with Gasteiger partial charge in [0.15, 0.2) is 5.82 Å². The van der Waals surface area contributed by atoms with Crippen molar-refractivity contribution in [3.63, 3.8) is 0 Å². The second-order valence-corrected chi connectivity index (χ2v) is 10.4. The summed E-state index contributed by atoms with van der Waals surface area (Å²) in [6.07, 6.45) is 4.62. The summed E-state index contributed by atoms with van der Waals surface area (Å²) in [6, 6.07) is 5.43. The summed E-state index contributed by atoms with van der Waals surface area (Å²) in [7, 11) is -1.23. The zero-order valence-electron chi connectivity index (χ0n) is 18.1. The molecule has 1 aromatic carbocycles. The van der Waals surface area contributed by atoms with Crippen LogP contribution in [-0.2, 0) is 10.0 Å². The molecule has 1 saturated carbocycles. The van der Waals surface area contributed by atoms with Crippen molar-refractivity contribution in [3.05, 3.63) is 36.3 Å². The SMILES string of the molecule is Cc1ccc(NS(=O)(=O)C2CC2)cc1Nc1ncnc2cnc(N3CCN(C)CC3)nc12. The maximum Gasteiger partial charge on any atom is 0.235 e. The molecule has 1 aliphatic heterocycles. The first kappa shape index (κ1) is 20.8. The van der Waals surface area contributed by atoms with Crippen LogP contribution in [0.25, 0.3) is 11.0 Å². The molecule has 11 heteroatoms. The van der Waals surface area contributed by atoms with Crippen molar-refractivity contribution in [3.8, 4) is 0 Å². The van der Waals surface area contributed by atoms with Crippen molar-refractivity contribution in [1.82, 2.24) is 24.8 Å². The van der Waals surface area contributed by atoms with Crippen LogP contribution in [-0.4, -0.2) is 71.7 Å². The van der Waals surface area contributed by atoms with Gasteiger partial charge < -0.3 is 15.1 Å². The number of likely N-dealkylation sites (N-methyl/N-ethyl adjacent to an activating group) is 1. The third-order valence-electron chi connectivity index (χ3n) is 5.86. The summed E-state index contributed by atoms with van der Waals surface area (Å²) < 4.78 is 27.3. The van der Waals surface area contributed by atoms with Crippen LogP contribution < -0.4 is 14.9 Å². The van der Waals surface area contributed by atoms with Crippen LogP contribution in [0.15, 0.2) is 30.7 Å². The Balaban J connectivity index is 1.44. The number of rotatable bonds is 6. The number of aryl methyl sites for hydroxylation is 1. The van der Waals surface area contributed by atoms with Crippen molar-refractivity contribution < 1.29 is 8.42 Å². The third-order valence-corrected chi connectivity index (χ3v) is 7.73. The average molecular weight is 455 g/mol. The Kier molecular flexibility index (Phi) is 5.30. The summed E-state index contributed by atoms with van der Waals surface area (Å²) in [5.41, 5.74) is 3.50. The molecule has 0 atom stereocenters. The number of fused-ring (bicyclic) bond motifs is 1. The monoisotopic (exact) mass is 454 g/mol. The van der Waals surface area contributed by atoms with Gasteiger partial charge in [-0.2, -0.15) is 0 Å². The molecule has 0 unspecified atom stereocenters. The van der Waals surface area contributed by atoms with Gasteiger partial charge >= 0.3 is 0 Å². The Morgan fingerprint density at radius 1 is 1.06 bits per heavy atom. The summed E-state index contributed by atoms with van der Waals surface area (Å²) in [5.74, 6) is 1.21. The lowest BCUT2D eigenvalue weighted by molar-refractivity contribution is 0.311. The van der Waals surface area contributed by atoms with Crippen LogP contribution in [0.4, 0.5) is 23.1 Å². The molecule has 10 nitrogen and oxygen atoms in total. The maximum atomic E-state index is 12.3. The maximum absolute atomic E-state index is 12.3. The zero-order chi connectivity index (χ0) is 22.3. The normalized spacial score (nSPS) is 17.5. The van der Waals surface area contributed by atoms with Crippen LogP contribution in [0.2, 0.25) is 0 Å². The fraction of sp³-hybridized carbons (Fsp3) is 0.429. The minimum atomic E-state index is -3.33. The van der Waals surface area contributed by atoms with Crippen LogP contribution in [0.3, 0.4) is 0 Å². The predicted octanol–water partition coefficient (Wildman–Crippen LogP) is 2.13. The molecule has 1 aliphatic carbocycles. The summed E-state index contributed by atoms with van der Waals surface area (Å²) in [6.45, 7) is 5.60.